The molecule has 4 heteroatoms. The van der Waals surface area contributed by atoms with Gasteiger partial charge in [-0.3, -0.25) is 4.98 Å². The van der Waals surface area contributed by atoms with Crippen molar-refractivity contribution in [1.82, 2.24) is 15.0 Å². The highest BCUT2D eigenvalue weighted by molar-refractivity contribution is 5.90. The van der Waals surface area contributed by atoms with Crippen LogP contribution >= 0.6 is 0 Å². The van der Waals surface area contributed by atoms with E-state index in [-0.39, 0.29) is 0 Å². The number of pyridine rings is 1. The van der Waals surface area contributed by atoms with E-state index < -0.39 is 5.41 Å². The summed E-state index contributed by atoms with van der Waals surface area (Å²) in [5.41, 5.74) is 13.3. The van der Waals surface area contributed by atoms with Crippen molar-refractivity contribution in [3.8, 4) is 67.8 Å². The molecule has 0 fully saturated rings. The molecule has 4 nitrogen and oxygen atoms in total. The molecule has 234 valence electrons. The Kier molecular flexibility index (Phi) is 6.36. The lowest BCUT2D eigenvalue weighted by Crippen LogP contribution is -2.32. The zero-order valence-electron chi connectivity index (χ0n) is 27.0. The van der Waals surface area contributed by atoms with Crippen molar-refractivity contribution < 1.29 is 4.74 Å². The van der Waals surface area contributed by atoms with Crippen molar-refractivity contribution in [2.75, 3.05) is 0 Å². The number of ether oxygens (including phenoxy) is 1. The van der Waals surface area contributed by atoms with Crippen LogP contribution in [0.2, 0.25) is 0 Å². The average Bonchev–Trinajstić information content (AvgIpc) is 3.49. The normalized spacial score (nSPS) is 13.1. The maximum atomic E-state index is 6.82. The molecule has 1 aliphatic heterocycles. The fourth-order valence-corrected chi connectivity index (χ4v) is 7.93. The first-order chi connectivity index (χ1) is 24.8. The van der Waals surface area contributed by atoms with Crippen LogP contribution in [0.25, 0.3) is 56.3 Å². The highest BCUT2D eigenvalue weighted by Crippen LogP contribution is 2.62. The quantitative estimate of drug-likeness (QED) is 0.192. The molecule has 0 saturated carbocycles. The molecule has 10 rings (SSSR count). The Balaban J connectivity index is 1.18. The largest absolute Gasteiger partial charge is 0.457 e. The third kappa shape index (κ3) is 4.22. The monoisotopic (exact) mass is 639 g/mol. The molecule has 0 N–H and O–H groups in total. The van der Waals surface area contributed by atoms with Crippen molar-refractivity contribution in [3.63, 3.8) is 0 Å². The van der Waals surface area contributed by atoms with Gasteiger partial charge in [-0.2, -0.15) is 0 Å². The molecule has 0 unspecified atom stereocenters. The molecule has 8 aromatic rings. The third-order valence-corrected chi connectivity index (χ3v) is 10.1. The first-order valence-electron chi connectivity index (χ1n) is 16.9. The molecule has 0 bridgehead atoms. The average molecular weight is 640 g/mol. The Morgan fingerprint density at radius 3 is 1.72 bits per heavy atom. The molecule has 0 saturated heterocycles. The van der Waals surface area contributed by atoms with E-state index >= 15 is 0 Å². The van der Waals surface area contributed by atoms with Crippen LogP contribution in [0.3, 0.4) is 0 Å². The minimum Gasteiger partial charge on any atom is -0.457 e. The van der Waals surface area contributed by atoms with Crippen molar-refractivity contribution in [3.05, 3.63) is 198 Å². The summed E-state index contributed by atoms with van der Waals surface area (Å²) in [6, 6.07) is 59.3. The van der Waals surface area contributed by atoms with Gasteiger partial charge in [-0.15, -0.1) is 0 Å². The first-order valence-corrected chi connectivity index (χ1v) is 16.9. The van der Waals surface area contributed by atoms with E-state index in [2.05, 4.69) is 126 Å². The van der Waals surface area contributed by atoms with E-state index in [1.54, 1.807) is 6.20 Å². The summed E-state index contributed by atoms with van der Waals surface area (Å²) in [7, 11) is 0. The van der Waals surface area contributed by atoms with Gasteiger partial charge in [0.2, 0.25) is 0 Å². The van der Waals surface area contributed by atoms with Crippen LogP contribution in [0, 0.1) is 0 Å². The molecule has 6 aromatic carbocycles. The molecule has 2 aliphatic rings. The second kappa shape index (κ2) is 11.2. The second-order valence-corrected chi connectivity index (χ2v) is 12.7. The van der Waals surface area contributed by atoms with E-state index in [1.165, 1.54) is 22.3 Å². The molecule has 0 atom stereocenters. The van der Waals surface area contributed by atoms with Crippen molar-refractivity contribution in [2.45, 2.75) is 5.41 Å². The first kappa shape index (κ1) is 28.4. The van der Waals surface area contributed by atoms with Gasteiger partial charge in [-0.25, -0.2) is 9.97 Å². The Hall–Kier alpha value is -6.65. The summed E-state index contributed by atoms with van der Waals surface area (Å²) >= 11 is 0. The number of benzene rings is 6. The van der Waals surface area contributed by atoms with Gasteiger partial charge < -0.3 is 4.74 Å². The van der Waals surface area contributed by atoms with Gasteiger partial charge in [-0.05, 0) is 63.7 Å². The Morgan fingerprint density at radius 2 is 0.980 bits per heavy atom. The van der Waals surface area contributed by atoms with Crippen molar-refractivity contribution >= 4 is 0 Å². The molecule has 50 heavy (non-hydrogen) atoms. The van der Waals surface area contributed by atoms with Crippen LogP contribution in [-0.4, -0.2) is 15.0 Å². The van der Waals surface area contributed by atoms with Crippen LogP contribution in [-0.2, 0) is 5.41 Å². The number of para-hydroxylation sites is 1. The van der Waals surface area contributed by atoms with Gasteiger partial charge in [0.1, 0.15) is 11.5 Å². The topological polar surface area (TPSA) is 47.9 Å². The fourth-order valence-electron chi connectivity index (χ4n) is 7.93. The minimum atomic E-state index is -0.500. The summed E-state index contributed by atoms with van der Waals surface area (Å²) in [5.74, 6) is 2.35. The Morgan fingerprint density at radius 1 is 0.380 bits per heavy atom. The minimum absolute atomic E-state index is 0.500. The van der Waals surface area contributed by atoms with Gasteiger partial charge in [0, 0.05) is 28.5 Å². The van der Waals surface area contributed by atoms with Gasteiger partial charge >= 0.3 is 0 Å². The van der Waals surface area contributed by atoms with Crippen LogP contribution < -0.4 is 4.74 Å². The summed E-state index contributed by atoms with van der Waals surface area (Å²) in [6.45, 7) is 0. The summed E-state index contributed by atoms with van der Waals surface area (Å²) < 4.78 is 6.82. The van der Waals surface area contributed by atoms with E-state index in [0.29, 0.717) is 5.82 Å². The van der Waals surface area contributed by atoms with E-state index in [1.807, 2.05) is 48.5 Å². The lowest BCUT2D eigenvalue weighted by Gasteiger charge is -2.39. The number of rotatable bonds is 4. The number of aromatic nitrogens is 3. The highest BCUT2D eigenvalue weighted by Gasteiger charge is 2.50. The number of nitrogens with zero attached hydrogens (tertiary/aromatic N) is 3. The molecule has 1 spiro atoms. The van der Waals surface area contributed by atoms with E-state index in [9.17, 15) is 0 Å². The SMILES string of the molecule is c1ccc(-c2cc(-c3ccccn3)nc(-c3ccccc3-c3ccc4c(c3)Oc3ccccc3C43c4ccccc4-c4ccccc43)n2)cc1. The van der Waals surface area contributed by atoms with Crippen molar-refractivity contribution in [2.24, 2.45) is 0 Å². The smallest absolute Gasteiger partial charge is 0.161 e. The summed E-state index contributed by atoms with van der Waals surface area (Å²) in [6.07, 6.45) is 1.80. The predicted molar refractivity (Wildman–Crippen MR) is 199 cm³/mol. The molecule has 0 radical (unpaired) electrons. The Bertz CT molecular complexity index is 2480. The van der Waals surface area contributed by atoms with Gasteiger partial charge in [0.15, 0.2) is 5.82 Å². The van der Waals surface area contributed by atoms with Crippen molar-refractivity contribution in [1.29, 1.82) is 0 Å². The molecule has 1 aliphatic carbocycles. The van der Waals surface area contributed by atoms with Crippen LogP contribution in [0.4, 0.5) is 0 Å². The third-order valence-electron chi connectivity index (χ3n) is 10.1. The summed E-state index contributed by atoms with van der Waals surface area (Å²) in [4.78, 5) is 14.9. The molecule has 2 aromatic heterocycles. The second-order valence-electron chi connectivity index (χ2n) is 12.7. The molecule has 0 amide bonds. The lowest BCUT2D eigenvalue weighted by atomic mass is 9.66. The maximum absolute atomic E-state index is 6.82. The maximum Gasteiger partial charge on any atom is 0.161 e. The zero-order valence-corrected chi connectivity index (χ0v) is 27.0. The zero-order chi connectivity index (χ0) is 33.1. The standard InChI is InChI=1S/C46H29N3O/c1-2-14-30(15-3-1)41-29-42(40-23-12-13-27-47-40)49-45(48-41)35-19-5-4-16-32(35)31-25-26-39-44(28-31)50-43-24-11-10-22-38(43)46(39)36-20-8-6-17-33(36)34-18-7-9-21-37(34)46/h1-29H. The van der Waals surface area contributed by atoms with Crippen LogP contribution in [0.15, 0.2) is 176 Å². The van der Waals surface area contributed by atoms with E-state index in [4.69, 9.17) is 14.7 Å². The number of fused-ring (bicyclic) bond motifs is 9. The molecular weight excluding hydrogens is 611 g/mol. The highest BCUT2D eigenvalue weighted by atomic mass is 16.5. The van der Waals surface area contributed by atoms with Crippen LogP contribution in [0.1, 0.15) is 22.3 Å². The Labute approximate surface area is 290 Å². The van der Waals surface area contributed by atoms with Gasteiger partial charge in [0.05, 0.1) is 22.5 Å². The van der Waals surface area contributed by atoms with E-state index in [0.717, 1.165) is 62.0 Å². The molecular formula is C46H29N3O. The van der Waals surface area contributed by atoms with Gasteiger partial charge in [0.25, 0.3) is 0 Å². The lowest BCUT2D eigenvalue weighted by molar-refractivity contribution is 0.436. The number of hydrogen-bond donors (Lipinski definition) is 0. The summed E-state index contributed by atoms with van der Waals surface area (Å²) in [5, 5.41) is 0. The number of hydrogen-bond acceptors (Lipinski definition) is 4. The predicted octanol–water partition coefficient (Wildman–Crippen LogP) is 11.0. The van der Waals surface area contributed by atoms with Gasteiger partial charge in [-0.1, -0.05) is 140 Å². The molecule has 3 heterocycles. The fraction of sp³-hybridized carbons (Fsp3) is 0.0217. The van der Waals surface area contributed by atoms with Crippen LogP contribution in [0.5, 0.6) is 11.5 Å².